The summed E-state index contributed by atoms with van der Waals surface area (Å²) in [7, 11) is 0. The zero-order valence-electron chi connectivity index (χ0n) is 11.5. The molecular weight excluding hydrogens is 240 g/mol. The van der Waals surface area contributed by atoms with Crippen molar-refractivity contribution in [1.29, 1.82) is 5.26 Å². The highest BCUT2D eigenvalue weighted by molar-refractivity contribution is 5.36. The molecule has 102 valence electrons. The zero-order chi connectivity index (χ0) is 13.7. The van der Waals surface area contributed by atoms with Crippen LogP contribution in [0, 0.1) is 11.3 Å². The normalized spacial score (nSPS) is 23.8. The molecule has 1 aromatic rings. The Balaban J connectivity index is 1.81. The SMILES string of the molecule is C[C@H]1CN(CCOc2cccc(C#N)c2)[C@@H](C)CO1. The molecule has 0 saturated carbocycles. The largest absolute Gasteiger partial charge is 0.492 e. The fourth-order valence-corrected chi connectivity index (χ4v) is 2.22. The predicted octanol–water partition coefficient (Wildman–Crippen LogP) is 2.05. The molecule has 1 heterocycles. The van der Waals surface area contributed by atoms with E-state index in [0.29, 0.717) is 18.2 Å². The van der Waals surface area contributed by atoms with Crippen LogP contribution in [-0.2, 0) is 4.74 Å². The third-order valence-corrected chi connectivity index (χ3v) is 3.35. The van der Waals surface area contributed by atoms with Crippen LogP contribution < -0.4 is 4.74 Å². The summed E-state index contributed by atoms with van der Waals surface area (Å²) in [4.78, 5) is 2.38. The molecule has 1 aliphatic rings. The standard InChI is InChI=1S/C15H20N2O2/c1-12-11-19-13(2)10-17(12)6-7-18-15-5-3-4-14(8-15)9-16/h3-5,8,12-13H,6-7,10-11H2,1-2H3/t12-,13-/m0/s1. The van der Waals surface area contributed by atoms with Gasteiger partial charge in [-0.2, -0.15) is 5.26 Å². The summed E-state index contributed by atoms with van der Waals surface area (Å²) in [6, 6.07) is 9.82. The third kappa shape index (κ3) is 3.95. The van der Waals surface area contributed by atoms with E-state index in [4.69, 9.17) is 14.7 Å². The van der Waals surface area contributed by atoms with Crippen LogP contribution in [0.25, 0.3) is 0 Å². The first-order valence-corrected chi connectivity index (χ1v) is 6.67. The quantitative estimate of drug-likeness (QED) is 0.831. The minimum Gasteiger partial charge on any atom is -0.492 e. The van der Waals surface area contributed by atoms with Crippen molar-refractivity contribution in [2.45, 2.75) is 26.0 Å². The molecule has 0 N–H and O–H groups in total. The highest BCUT2D eigenvalue weighted by atomic mass is 16.5. The first kappa shape index (κ1) is 13.9. The number of hydrogen-bond donors (Lipinski definition) is 0. The molecule has 0 aromatic heterocycles. The van der Waals surface area contributed by atoms with Gasteiger partial charge in [0.1, 0.15) is 12.4 Å². The molecule has 0 radical (unpaired) electrons. The molecule has 4 nitrogen and oxygen atoms in total. The van der Waals surface area contributed by atoms with Gasteiger partial charge in [0.2, 0.25) is 0 Å². The molecule has 0 bridgehead atoms. The van der Waals surface area contributed by atoms with Gasteiger partial charge in [0.05, 0.1) is 24.3 Å². The summed E-state index contributed by atoms with van der Waals surface area (Å²) in [6.07, 6.45) is 0.290. The summed E-state index contributed by atoms with van der Waals surface area (Å²) in [6.45, 7) is 7.50. The van der Waals surface area contributed by atoms with E-state index in [9.17, 15) is 0 Å². The first-order chi connectivity index (χ1) is 9.19. The average molecular weight is 260 g/mol. The van der Waals surface area contributed by atoms with Crippen LogP contribution in [0.4, 0.5) is 0 Å². The van der Waals surface area contributed by atoms with Crippen molar-refractivity contribution in [2.24, 2.45) is 0 Å². The Morgan fingerprint density at radius 1 is 1.47 bits per heavy atom. The predicted molar refractivity (Wildman–Crippen MR) is 73.1 cm³/mol. The van der Waals surface area contributed by atoms with Crippen LogP contribution in [0.15, 0.2) is 24.3 Å². The summed E-state index contributed by atoms with van der Waals surface area (Å²) < 4.78 is 11.3. The average Bonchev–Trinajstić information content (AvgIpc) is 2.43. The van der Waals surface area contributed by atoms with Gasteiger partial charge in [-0.25, -0.2) is 0 Å². The molecule has 1 aliphatic heterocycles. The van der Waals surface area contributed by atoms with Gasteiger partial charge >= 0.3 is 0 Å². The number of nitrogens with zero attached hydrogens (tertiary/aromatic N) is 2. The molecule has 1 fully saturated rings. The van der Waals surface area contributed by atoms with Gasteiger partial charge in [-0.1, -0.05) is 6.07 Å². The second kappa shape index (κ2) is 6.55. The molecule has 2 atom stereocenters. The van der Waals surface area contributed by atoms with Crippen LogP contribution >= 0.6 is 0 Å². The Morgan fingerprint density at radius 2 is 2.32 bits per heavy atom. The van der Waals surface area contributed by atoms with E-state index in [2.05, 4.69) is 24.8 Å². The Bertz CT molecular complexity index is 456. The number of morpholine rings is 1. The highest BCUT2D eigenvalue weighted by Crippen LogP contribution is 2.14. The summed E-state index contributed by atoms with van der Waals surface area (Å²) in [5.41, 5.74) is 0.630. The lowest BCUT2D eigenvalue weighted by Gasteiger charge is -2.36. The van der Waals surface area contributed by atoms with E-state index >= 15 is 0 Å². The van der Waals surface area contributed by atoms with Gasteiger partial charge in [-0.15, -0.1) is 0 Å². The third-order valence-electron chi connectivity index (χ3n) is 3.35. The van der Waals surface area contributed by atoms with E-state index < -0.39 is 0 Å². The minimum absolute atomic E-state index is 0.290. The highest BCUT2D eigenvalue weighted by Gasteiger charge is 2.22. The maximum Gasteiger partial charge on any atom is 0.120 e. The van der Waals surface area contributed by atoms with Crippen molar-refractivity contribution in [3.8, 4) is 11.8 Å². The molecule has 0 aliphatic carbocycles. The van der Waals surface area contributed by atoms with Crippen molar-refractivity contribution in [3.63, 3.8) is 0 Å². The van der Waals surface area contributed by atoms with E-state index in [1.807, 2.05) is 12.1 Å². The monoisotopic (exact) mass is 260 g/mol. The topological polar surface area (TPSA) is 45.5 Å². The van der Waals surface area contributed by atoms with Crippen molar-refractivity contribution >= 4 is 0 Å². The van der Waals surface area contributed by atoms with Gasteiger partial charge < -0.3 is 9.47 Å². The Morgan fingerprint density at radius 3 is 3.11 bits per heavy atom. The van der Waals surface area contributed by atoms with Crippen molar-refractivity contribution in [1.82, 2.24) is 4.90 Å². The van der Waals surface area contributed by atoms with Crippen molar-refractivity contribution in [3.05, 3.63) is 29.8 Å². The van der Waals surface area contributed by atoms with Crippen LogP contribution in [-0.4, -0.2) is 43.3 Å². The van der Waals surface area contributed by atoms with E-state index in [1.165, 1.54) is 0 Å². The maximum absolute atomic E-state index is 8.83. The summed E-state index contributed by atoms with van der Waals surface area (Å²) in [5.74, 6) is 0.757. The molecule has 19 heavy (non-hydrogen) atoms. The second-order valence-corrected chi connectivity index (χ2v) is 4.98. The van der Waals surface area contributed by atoms with Gasteiger partial charge in [0.25, 0.3) is 0 Å². The number of rotatable bonds is 4. The number of benzene rings is 1. The molecule has 2 rings (SSSR count). The minimum atomic E-state index is 0.290. The van der Waals surface area contributed by atoms with Gasteiger partial charge in [0, 0.05) is 19.1 Å². The van der Waals surface area contributed by atoms with E-state index in [-0.39, 0.29) is 6.10 Å². The Labute approximate surface area is 114 Å². The Hall–Kier alpha value is -1.57. The first-order valence-electron chi connectivity index (χ1n) is 6.67. The fourth-order valence-electron chi connectivity index (χ4n) is 2.22. The van der Waals surface area contributed by atoms with E-state index in [0.717, 1.165) is 25.4 Å². The molecule has 1 aromatic carbocycles. The van der Waals surface area contributed by atoms with Crippen molar-refractivity contribution < 1.29 is 9.47 Å². The number of hydrogen-bond acceptors (Lipinski definition) is 4. The molecular formula is C15H20N2O2. The number of ether oxygens (including phenoxy) is 2. The number of nitriles is 1. The summed E-state index contributed by atoms with van der Waals surface area (Å²) in [5, 5.41) is 8.83. The second-order valence-electron chi connectivity index (χ2n) is 4.98. The van der Waals surface area contributed by atoms with Gasteiger partial charge in [-0.05, 0) is 32.0 Å². The molecule has 0 amide bonds. The lowest BCUT2D eigenvalue weighted by molar-refractivity contribution is -0.0522. The fraction of sp³-hybridized carbons (Fsp3) is 0.533. The van der Waals surface area contributed by atoms with Gasteiger partial charge in [-0.3, -0.25) is 4.90 Å². The molecule has 0 unspecified atom stereocenters. The lowest BCUT2D eigenvalue weighted by Crippen LogP contribution is -2.48. The molecule has 1 saturated heterocycles. The lowest BCUT2D eigenvalue weighted by atomic mass is 10.2. The maximum atomic E-state index is 8.83. The van der Waals surface area contributed by atoms with Crippen LogP contribution in [0.2, 0.25) is 0 Å². The van der Waals surface area contributed by atoms with Gasteiger partial charge in [0.15, 0.2) is 0 Å². The van der Waals surface area contributed by atoms with Crippen LogP contribution in [0.5, 0.6) is 5.75 Å². The van der Waals surface area contributed by atoms with Crippen molar-refractivity contribution in [2.75, 3.05) is 26.3 Å². The molecule has 0 spiro atoms. The Kier molecular flexibility index (Phi) is 4.78. The molecule has 4 heteroatoms. The zero-order valence-corrected chi connectivity index (χ0v) is 11.5. The smallest absolute Gasteiger partial charge is 0.120 e. The van der Waals surface area contributed by atoms with Crippen LogP contribution in [0.1, 0.15) is 19.4 Å². The van der Waals surface area contributed by atoms with Crippen LogP contribution in [0.3, 0.4) is 0 Å². The van der Waals surface area contributed by atoms with E-state index in [1.54, 1.807) is 12.1 Å². The summed E-state index contributed by atoms with van der Waals surface area (Å²) >= 11 is 0.